The molecule has 0 aliphatic carbocycles. The number of nitrogens with one attached hydrogen (secondary N) is 2. The number of benzene rings is 1. The summed E-state index contributed by atoms with van der Waals surface area (Å²) < 4.78 is 9.56. The van der Waals surface area contributed by atoms with Gasteiger partial charge in [-0.25, -0.2) is 10.2 Å². The number of methoxy groups -OCH3 is 1. The predicted molar refractivity (Wildman–Crippen MR) is 69.0 cm³/mol. The van der Waals surface area contributed by atoms with Crippen molar-refractivity contribution in [1.82, 2.24) is 10.9 Å². The minimum Gasteiger partial charge on any atom is -0.468 e. The number of hydrogen-bond acceptors (Lipinski definition) is 5. The van der Waals surface area contributed by atoms with Crippen LogP contribution in [0.3, 0.4) is 0 Å². The van der Waals surface area contributed by atoms with Crippen LogP contribution in [0.4, 0.5) is 4.79 Å². The van der Waals surface area contributed by atoms with Crippen molar-refractivity contribution in [1.29, 1.82) is 0 Å². The average Bonchev–Trinajstić information content (AvgIpc) is 2.43. The minimum absolute atomic E-state index is 0.160. The highest BCUT2D eigenvalue weighted by Gasteiger charge is 2.28. The lowest BCUT2D eigenvalue weighted by Crippen LogP contribution is -2.55. The molecule has 0 atom stereocenters. The van der Waals surface area contributed by atoms with Gasteiger partial charge in [-0.05, 0) is 19.4 Å². The Bertz CT molecular complexity index is 432. The van der Waals surface area contributed by atoms with E-state index in [1.165, 1.54) is 7.11 Å². The van der Waals surface area contributed by atoms with E-state index in [1.807, 2.05) is 30.3 Å². The van der Waals surface area contributed by atoms with Crippen LogP contribution < -0.4 is 10.9 Å². The highest BCUT2D eigenvalue weighted by Crippen LogP contribution is 2.03. The van der Waals surface area contributed by atoms with E-state index in [4.69, 9.17) is 4.74 Å². The van der Waals surface area contributed by atoms with Crippen molar-refractivity contribution in [2.24, 2.45) is 0 Å². The van der Waals surface area contributed by atoms with Crippen molar-refractivity contribution < 1.29 is 19.1 Å². The van der Waals surface area contributed by atoms with Gasteiger partial charge >= 0.3 is 12.1 Å². The van der Waals surface area contributed by atoms with Crippen LogP contribution in [0, 0.1) is 0 Å². The number of hydrogen-bond donors (Lipinski definition) is 2. The van der Waals surface area contributed by atoms with Gasteiger partial charge in [0, 0.05) is 0 Å². The Morgan fingerprint density at radius 3 is 2.42 bits per heavy atom. The molecule has 1 amide bonds. The Labute approximate surface area is 112 Å². The van der Waals surface area contributed by atoms with Crippen molar-refractivity contribution in [3.8, 4) is 0 Å². The molecular weight excluding hydrogens is 248 g/mol. The fourth-order valence-electron chi connectivity index (χ4n) is 1.27. The molecule has 0 aliphatic heterocycles. The zero-order valence-corrected chi connectivity index (χ0v) is 11.2. The van der Waals surface area contributed by atoms with Gasteiger partial charge in [0.25, 0.3) is 0 Å². The van der Waals surface area contributed by atoms with E-state index in [0.717, 1.165) is 5.56 Å². The summed E-state index contributed by atoms with van der Waals surface area (Å²) in [7, 11) is 1.28. The lowest BCUT2D eigenvalue weighted by molar-refractivity contribution is -0.147. The molecule has 0 unspecified atom stereocenters. The molecule has 0 heterocycles. The number of carbonyl (C=O) groups is 2. The van der Waals surface area contributed by atoms with Crippen LogP contribution in [0.1, 0.15) is 19.4 Å². The molecule has 0 radical (unpaired) electrons. The summed E-state index contributed by atoms with van der Waals surface area (Å²) in [6, 6.07) is 9.28. The summed E-state index contributed by atoms with van der Waals surface area (Å²) in [5.41, 5.74) is 4.70. The van der Waals surface area contributed by atoms with Gasteiger partial charge < -0.3 is 9.47 Å². The molecule has 0 saturated carbocycles. The van der Waals surface area contributed by atoms with Gasteiger partial charge in [-0.1, -0.05) is 30.3 Å². The first-order valence-electron chi connectivity index (χ1n) is 5.78. The monoisotopic (exact) mass is 266 g/mol. The molecule has 0 bridgehead atoms. The quantitative estimate of drug-likeness (QED) is 0.621. The molecule has 0 spiro atoms. The molecule has 1 rings (SSSR count). The Balaban J connectivity index is 2.34. The maximum atomic E-state index is 11.4. The molecule has 6 nitrogen and oxygen atoms in total. The summed E-state index contributed by atoms with van der Waals surface area (Å²) in [6.45, 7) is 3.32. The van der Waals surface area contributed by atoms with Crippen molar-refractivity contribution in [3.63, 3.8) is 0 Å². The Hall–Kier alpha value is -2.08. The fraction of sp³-hybridized carbons (Fsp3) is 0.385. The lowest BCUT2D eigenvalue weighted by atomic mass is 10.1. The standard InChI is InChI=1S/C13H18N2O4/c1-13(2,11(16)18-3)15-14-12(17)19-9-10-7-5-4-6-8-10/h4-8,15H,9H2,1-3H3,(H,14,17). The topological polar surface area (TPSA) is 76.7 Å². The SMILES string of the molecule is COC(=O)C(C)(C)NNC(=O)OCc1ccccc1. The largest absolute Gasteiger partial charge is 0.468 e. The van der Waals surface area contributed by atoms with Crippen LogP contribution in [0.25, 0.3) is 0 Å². The molecule has 0 aromatic heterocycles. The van der Waals surface area contributed by atoms with Crippen LogP contribution in [-0.2, 0) is 20.9 Å². The molecular formula is C13H18N2O4. The van der Waals surface area contributed by atoms with Crippen molar-refractivity contribution in [2.75, 3.05) is 7.11 Å². The second kappa shape index (κ2) is 6.75. The first kappa shape index (κ1) is 15.0. The molecule has 0 fully saturated rings. The second-order valence-corrected chi connectivity index (χ2v) is 4.43. The van der Waals surface area contributed by atoms with E-state index in [1.54, 1.807) is 13.8 Å². The van der Waals surface area contributed by atoms with Gasteiger partial charge in [0.2, 0.25) is 0 Å². The van der Waals surface area contributed by atoms with E-state index in [-0.39, 0.29) is 6.61 Å². The van der Waals surface area contributed by atoms with Gasteiger partial charge in [0.15, 0.2) is 0 Å². The summed E-state index contributed by atoms with van der Waals surface area (Å²) in [6.07, 6.45) is -0.666. The number of esters is 1. The third-order valence-electron chi connectivity index (χ3n) is 2.39. The Kier molecular flexibility index (Phi) is 5.32. The molecule has 19 heavy (non-hydrogen) atoms. The highest BCUT2D eigenvalue weighted by atomic mass is 16.6. The Morgan fingerprint density at radius 1 is 1.21 bits per heavy atom. The van der Waals surface area contributed by atoms with Crippen LogP contribution in [-0.4, -0.2) is 24.7 Å². The highest BCUT2D eigenvalue weighted by molar-refractivity contribution is 5.80. The van der Waals surface area contributed by atoms with E-state index in [0.29, 0.717) is 0 Å². The normalized spacial score (nSPS) is 10.7. The first-order valence-corrected chi connectivity index (χ1v) is 5.78. The number of ether oxygens (including phenoxy) is 2. The zero-order chi connectivity index (χ0) is 14.3. The third-order valence-corrected chi connectivity index (χ3v) is 2.39. The van der Waals surface area contributed by atoms with Gasteiger partial charge in [-0.3, -0.25) is 10.2 Å². The molecule has 1 aromatic rings. The molecule has 6 heteroatoms. The summed E-state index contributed by atoms with van der Waals surface area (Å²) in [4.78, 5) is 22.8. The lowest BCUT2D eigenvalue weighted by Gasteiger charge is -2.23. The van der Waals surface area contributed by atoms with E-state index in [9.17, 15) is 9.59 Å². The summed E-state index contributed by atoms with van der Waals surface area (Å²) in [5.74, 6) is -0.490. The van der Waals surface area contributed by atoms with Crippen LogP contribution in [0.5, 0.6) is 0 Å². The van der Waals surface area contributed by atoms with E-state index >= 15 is 0 Å². The number of hydrazine groups is 1. The van der Waals surface area contributed by atoms with E-state index < -0.39 is 17.6 Å². The summed E-state index contributed by atoms with van der Waals surface area (Å²) >= 11 is 0. The molecule has 0 saturated heterocycles. The fourth-order valence-corrected chi connectivity index (χ4v) is 1.27. The van der Waals surface area contributed by atoms with Crippen molar-refractivity contribution in [2.45, 2.75) is 26.0 Å². The molecule has 1 aromatic carbocycles. The van der Waals surface area contributed by atoms with Gasteiger partial charge in [0.1, 0.15) is 12.1 Å². The van der Waals surface area contributed by atoms with Crippen molar-refractivity contribution >= 4 is 12.1 Å². The van der Waals surface area contributed by atoms with Gasteiger partial charge in [0.05, 0.1) is 7.11 Å². The second-order valence-electron chi connectivity index (χ2n) is 4.43. The predicted octanol–water partition coefficient (Wildman–Crippen LogP) is 1.37. The Morgan fingerprint density at radius 2 is 1.84 bits per heavy atom. The third kappa shape index (κ3) is 4.97. The number of amides is 1. The molecule has 104 valence electrons. The van der Waals surface area contributed by atoms with Crippen LogP contribution in [0.15, 0.2) is 30.3 Å². The average molecular weight is 266 g/mol. The molecule has 2 N–H and O–H groups in total. The number of carbonyl (C=O) groups excluding carboxylic acids is 2. The van der Waals surface area contributed by atoms with Gasteiger partial charge in [-0.2, -0.15) is 0 Å². The zero-order valence-electron chi connectivity index (χ0n) is 11.2. The molecule has 0 aliphatic rings. The van der Waals surface area contributed by atoms with Crippen LogP contribution in [0.2, 0.25) is 0 Å². The maximum Gasteiger partial charge on any atom is 0.421 e. The number of rotatable bonds is 5. The smallest absolute Gasteiger partial charge is 0.421 e. The first-order chi connectivity index (χ1) is 8.95. The summed E-state index contributed by atoms with van der Waals surface area (Å²) in [5, 5.41) is 0. The maximum absolute atomic E-state index is 11.4. The minimum atomic E-state index is -1.03. The van der Waals surface area contributed by atoms with E-state index in [2.05, 4.69) is 15.6 Å². The van der Waals surface area contributed by atoms with Crippen LogP contribution >= 0.6 is 0 Å². The van der Waals surface area contributed by atoms with Crippen molar-refractivity contribution in [3.05, 3.63) is 35.9 Å². The van der Waals surface area contributed by atoms with Gasteiger partial charge in [-0.15, -0.1) is 0 Å².